The van der Waals surface area contributed by atoms with Gasteiger partial charge in [0.15, 0.2) is 0 Å². The summed E-state index contributed by atoms with van der Waals surface area (Å²) in [5.74, 6) is -1.84. The highest BCUT2D eigenvalue weighted by molar-refractivity contribution is 5.92. The molecule has 10 nitrogen and oxygen atoms in total. The van der Waals surface area contributed by atoms with Crippen LogP contribution in [0.3, 0.4) is 0 Å². The molecule has 0 aliphatic heterocycles. The molecule has 0 spiro atoms. The third-order valence-corrected chi connectivity index (χ3v) is 6.18. The molecule has 39 heavy (non-hydrogen) atoms. The lowest BCUT2D eigenvalue weighted by atomic mass is 10.0. The Bertz CT molecular complexity index is 1090. The van der Waals surface area contributed by atoms with E-state index >= 15 is 0 Å². The molecule has 6 N–H and O–H groups in total. The minimum absolute atomic E-state index is 0.0922. The summed E-state index contributed by atoms with van der Waals surface area (Å²) in [5.41, 5.74) is 8.39. The van der Waals surface area contributed by atoms with Gasteiger partial charge in [-0.15, -0.1) is 0 Å². The first-order valence-electron chi connectivity index (χ1n) is 13.2. The van der Waals surface area contributed by atoms with Gasteiger partial charge in [0, 0.05) is 19.9 Å². The second-order valence-corrected chi connectivity index (χ2v) is 9.42. The maximum Gasteiger partial charge on any atom is 0.303 e. The van der Waals surface area contributed by atoms with Crippen LogP contribution in [-0.4, -0.2) is 54.0 Å². The van der Waals surface area contributed by atoms with Crippen molar-refractivity contribution < 1.29 is 29.0 Å². The van der Waals surface area contributed by atoms with Crippen LogP contribution in [0, 0.1) is 6.92 Å². The minimum Gasteiger partial charge on any atom is -0.494 e. The lowest BCUT2D eigenvalue weighted by Gasteiger charge is -2.23. The molecule has 2 atom stereocenters. The molecular formula is C29H40N4O6. The maximum atomic E-state index is 13.3. The van der Waals surface area contributed by atoms with Crippen molar-refractivity contribution in [2.75, 3.05) is 13.2 Å². The number of carbonyl (C=O) groups excluding carboxylic acids is 3. The molecule has 0 unspecified atom stereocenters. The van der Waals surface area contributed by atoms with Gasteiger partial charge in [0.1, 0.15) is 17.8 Å². The van der Waals surface area contributed by atoms with Crippen LogP contribution in [0.5, 0.6) is 5.75 Å². The van der Waals surface area contributed by atoms with E-state index in [0.29, 0.717) is 31.7 Å². The van der Waals surface area contributed by atoms with Crippen LogP contribution >= 0.6 is 0 Å². The van der Waals surface area contributed by atoms with Crippen molar-refractivity contribution >= 4 is 23.7 Å². The zero-order valence-electron chi connectivity index (χ0n) is 22.7. The highest BCUT2D eigenvalue weighted by Gasteiger charge is 2.26. The average Bonchev–Trinajstić information content (AvgIpc) is 2.91. The second kappa shape index (κ2) is 16.8. The number of hydrogen-bond donors (Lipinski definition) is 5. The van der Waals surface area contributed by atoms with Gasteiger partial charge in [-0.2, -0.15) is 0 Å². The van der Waals surface area contributed by atoms with Crippen LogP contribution < -0.4 is 26.4 Å². The largest absolute Gasteiger partial charge is 0.494 e. The van der Waals surface area contributed by atoms with Gasteiger partial charge in [0.25, 0.3) is 0 Å². The number of aryl methyl sites for hydroxylation is 2. The van der Waals surface area contributed by atoms with Crippen molar-refractivity contribution in [3.05, 3.63) is 65.2 Å². The molecule has 0 heterocycles. The van der Waals surface area contributed by atoms with Crippen molar-refractivity contribution in [2.45, 2.75) is 71.0 Å². The van der Waals surface area contributed by atoms with Crippen molar-refractivity contribution in [1.29, 1.82) is 0 Å². The van der Waals surface area contributed by atoms with Crippen LogP contribution in [0.25, 0.3) is 0 Å². The summed E-state index contributed by atoms with van der Waals surface area (Å²) in [5, 5.41) is 17.1. The van der Waals surface area contributed by atoms with E-state index in [-0.39, 0.29) is 25.3 Å². The molecule has 0 radical (unpaired) electrons. The van der Waals surface area contributed by atoms with Gasteiger partial charge in [-0.3, -0.25) is 19.2 Å². The molecule has 0 bridgehead atoms. The Morgan fingerprint density at radius 2 is 1.67 bits per heavy atom. The number of aliphatic carboxylic acids is 1. The van der Waals surface area contributed by atoms with E-state index in [1.807, 2.05) is 55.5 Å². The first kappa shape index (κ1) is 31.3. The first-order chi connectivity index (χ1) is 18.7. The summed E-state index contributed by atoms with van der Waals surface area (Å²) in [4.78, 5) is 48.9. The summed E-state index contributed by atoms with van der Waals surface area (Å²) >= 11 is 0. The van der Waals surface area contributed by atoms with Crippen LogP contribution in [0.15, 0.2) is 48.5 Å². The average molecular weight is 541 g/mol. The Hall–Kier alpha value is -3.92. The number of carboxylic acids is 1. The highest BCUT2D eigenvalue weighted by atomic mass is 16.5. The van der Waals surface area contributed by atoms with E-state index in [1.54, 1.807) is 0 Å². The normalized spacial score (nSPS) is 12.2. The molecule has 0 aromatic heterocycles. The Balaban J connectivity index is 2.11. The Labute approximate surface area is 229 Å². The highest BCUT2D eigenvalue weighted by Crippen LogP contribution is 2.18. The number of ether oxygens (including phenoxy) is 1. The number of hydrogen-bond acceptors (Lipinski definition) is 6. The van der Waals surface area contributed by atoms with E-state index in [2.05, 4.69) is 16.0 Å². The van der Waals surface area contributed by atoms with Gasteiger partial charge in [-0.25, -0.2) is 0 Å². The molecule has 212 valence electrons. The smallest absolute Gasteiger partial charge is 0.303 e. The quantitative estimate of drug-likeness (QED) is 0.192. The van der Waals surface area contributed by atoms with Crippen molar-refractivity contribution in [2.24, 2.45) is 5.73 Å². The number of amides is 3. The fraction of sp³-hybridized carbons (Fsp3) is 0.448. The number of nitrogens with one attached hydrogen (secondary N) is 3. The molecule has 2 aromatic carbocycles. The van der Waals surface area contributed by atoms with Crippen molar-refractivity contribution in [3.63, 3.8) is 0 Å². The number of benzene rings is 2. The third kappa shape index (κ3) is 12.0. The summed E-state index contributed by atoms with van der Waals surface area (Å²) in [6.45, 7) is 4.59. The molecule has 0 aliphatic carbocycles. The second-order valence-electron chi connectivity index (χ2n) is 9.42. The lowest BCUT2D eigenvalue weighted by Crippen LogP contribution is -2.53. The monoisotopic (exact) mass is 540 g/mol. The first-order valence-corrected chi connectivity index (χ1v) is 13.2. The predicted molar refractivity (Wildman–Crippen MR) is 148 cm³/mol. The molecule has 0 fully saturated rings. The maximum absolute atomic E-state index is 13.3. The van der Waals surface area contributed by atoms with E-state index in [4.69, 9.17) is 15.6 Å². The van der Waals surface area contributed by atoms with E-state index in [0.717, 1.165) is 29.5 Å². The van der Waals surface area contributed by atoms with Gasteiger partial charge in [0.05, 0.1) is 6.61 Å². The molecule has 2 rings (SSSR count). The summed E-state index contributed by atoms with van der Waals surface area (Å²) in [7, 11) is 0. The van der Waals surface area contributed by atoms with Gasteiger partial charge < -0.3 is 31.5 Å². The fourth-order valence-electron chi connectivity index (χ4n) is 3.95. The molecule has 0 saturated carbocycles. The standard InChI is InChI=1S/C29H40N4O6/c1-20-10-12-24(39-17-7-6-16-30)18-23(20)19-31-28(37)25(13-11-22-8-4-3-5-9-22)33-29(38)26(32-21(2)34)14-15-27(35)36/h3-5,8-10,12,18,25-26H,6-7,11,13-17,19,30H2,1-2H3,(H,31,37)(H,32,34)(H,33,38)(H,35,36)/t25-,26-/m0/s1. The van der Waals surface area contributed by atoms with E-state index in [9.17, 15) is 19.2 Å². The lowest BCUT2D eigenvalue weighted by molar-refractivity contribution is -0.138. The summed E-state index contributed by atoms with van der Waals surface area (Å²) < 4.78 is 5.79. The number of unbranched alkanes of at least 4 members (excludes halogenated alkanes) is 1. The number of carbonyl (C=O) groups is 4. The zero-order chi connectivity index (χ0) is 28.6. The summed E-state index contributed by atoms with van der Waals surface area (Å²) in [6, 6.07) is 13.3. The molecule has 0 aliphatic rings. The summed E-state index contributed by atoms with van der Waals surface area (Å²) in [6.07, 6.45) is 2.18. The Morgan fingerprint density at radius 3 is 2.33 bits per heavy atom. The van der Waals surface area contributed by atoms with E-state index < -0.39 is 29.9 Å². The van der Waals surface area contributed by atoms with Crippen LogP contribution in [-0.2, 0) is 32.1 Å². The fourth-order valence-corrected chi connectivity index (χ4v) is 3.95. The predicted octanol–water partition coefficient (Wildman–Crippen LogP) is 2.22. The SMILES string of the molecule is CC(=O)N[C@@H](CCC(=O)O)C(=O)N[C@@H](CCc1ccccc1)C(=O)NCc1cc(OCCCCN)ccc1C. The molecular weight excluding hydrogens is 500 g/mol. The minimum atomic E-state index is -1.09. The Kier molecular flexibility index (Phi) is 13.5. The van der Waals surface area contributed by atoms with Gasteiger partial charge >= 0.3 is 5.97 Å². The third-order valence-electron chi connectivity index (χ3n) is 6.18. The van der Waals surface area contributed by atoms with Crippen molar-refractivity contribution in [3.8, 4) is 5.75 Å². The van der Waals surface area contributed by atoms with Crippen LogP contribution in [0.4, 0.5) is 0 Å². The number of rotatable bonds is 17. The Morgan fingerprint density at radius 1 is 0.949 bits per heavy atom. The topological polar surface area (TPSA) is 160 Å². The van der Waals surface area contributed by atoms with E-state index in [1.165, 1.54) is 6.92 Å². The van der Waals surface area contributed by atoms with Crippen LogP contribution in [0.1, 0.15) is 55.7 Å². The molecule has 3 amide bonds. The van der Waals surface area contributed by atoms with Crippen molar-refractivity contribution in [1.82, 2.24) is 16.0 Å². The van der Waals surface area contributed by atoms with Gasteiger partial charge in [0.2, 0.25) is 17.7 Å². The number of nitrogens with two attached hydrogens (primary N) is 1. The molecule has 10 heteroatoms. The van der Waals surface area contributed by atoms with Crippen LogP contribution in [0.2, 0.25) is 0 Å². The number of carboxylic acid groups (broad SMARTS) is 1. The van der Waals surface area contributed by atoms with Gasteiger partial charge in [-0.05, 0) is 74.4 Å². The zero-order valence-corrected chi connectivity index (χ0v) is 22.7. The molecule has 2 aromatic rings. The molecule has 0 saturated heterocycles. The van der Waals surface area contributed by atoms with Gasteiger partial charge in [-0.1, -0.05) is 36.4 Å².